The highest BCUT2D eigenvalue weighted by Crippen LogP contribution is 2.75. The number of amides is 1. The Hall–Kier alpha value is -1.91. The molecular formula is C32H47NO4. The highest BCUT2D eigenvalue weighted by molar-refractivity contribution is 6.21. The number of hydrogen-bond donors (Lipinski definition) is 1. The number of ether oxygens (including phenoxy) is 1. The summed E-state index contributed by atoms with van der Waals surface area (Å²) in [6.45, 7) is 15.9. The fourth-order valence-electron chi connectivity index (χ4n) is 10.5. The minimum Gasteiger partial charge on any atom is -0.469 e. The number of rotatable bonds is 2. The van der Waals surface area contributed by atoms with Gasteiger partial charge in [0, 0.05) is 5.41 Å². The van der Waals surface area contributed by atoms with Crippen molar-refractivity contribution < 1.29 is 19.1 Å². The number of hydrogen-bond acceptors (Lipinski definition) is 4. The van der Waals surface area contributed by atoms with Gasteiger partial charge in [-0.15, -0.1) is 0 Å². The van der Waals surface area contributed by atoms with Crippen LogP contribution in [0.2, 0.25) is 0 Å². The zero-order chi connectivity index (χ0) is 27.4. The van der Waals surface area contributed by atoms with Crippen LogP contribution in [0.1, 0.15) is 99.8 Å². The van der Waals surface area contributed by atoms with E-state index in [-0.39, 0.29) is 56.7 Å². The molecule has 0 bridgehead atoms. The summed E-state index contributed by atoms with van der Waals surface area (Å²) in [5, 5.41) is 0. The molecule has 0 unspecified atom stereocenters. The number of primary amides is 1. The minimum absolute atomic E-state index is 0.0120. The third kappa shape index (κ3) is 3.24. The second-order valence-corrected chi connectivity index (χ2v) is 15.2. The van der Waals surface area contributed by atoms with Gasteiger partial charge in [0.1, 0.15) is 0 Å². The maximum absolute atomic E-state index is 13.4. The molecule has 0 heterocycles. The Balaban J connectivity index is 1.66. The van der Waals surface area contributed by atoms with Crippen LogP contribution in [-0.2, 0) is 19.1 Å². The molecule has 5 nitrogen and oxygen atoms in total. The predicted octanol–water partition coefficient (Wildman–Crippen LogP) is 6.16. The van der Waals surface area contributed by atoms with Crippen LogP contribution in [0.25, 0.3) is 0 Å². The average Bonchev–Trinajstić information content (AvgIpc) is 2.81. The first-order chi connectivity index (χ1) is 17.0. The smallest absolute Gasteiger partial charge is 0.312 e. The van der Waals surface area contributed by atoms with Gasteiger partial charge in [-0.05, 0) is 90.8 Å². The average molecular weight is 510 g/mol. The molecule has 0 aliphatic heterocycles. The summed E-state index contributed by atoms with van der Waals surface area (Å²) in [5.41, 5.74) is 6.21. The van der Waals surface area contributed by atoms with Crippen LogP contribution in [0.15, 0.2) is 23.3 Å². The first-order valence-corrected chi connectivity index (χ1v) is 14.4. The van der Waals surface area contributed by atoms with Gasteiger partial charge in [-0.25, -0.2) is 0 Å². The molecule has 5 aliphatic carbocycles. The largest absolute Gasteiger partial charge is 0.469 e. The van der Waals surface area contributed by atoms with E-state index in [1.807, 2.05) is 19.9 Å². The van der Waals surface area contributed by atoms with E-state index in [0.717, 1.165) is 51.4 Å². The Morgan fingerprint density at radius 2 is 1.59 bits per heavy atom. The monoisotopic (exact) mass is 509 g/mol. The summed E-state index contributed by atoms with van der Waals surface area (Å²) in [6.07, 6.45) is 12.1. The van der Waals surface area contributed by atoms with Gasteiger partial charge in [0.15, 0.2) is 5.78 Å². The molecule has 0 spiro atoms. The Morgan fingerprint density at radius 1 is 0.946 bits per heavy atom. The van der Waals surface area contributed by atoms with Crippen LogP contribution >= 0.6 is 0 Å². The van der Waals surface area contributed by atoms with E-state index in [1.54, 1.807) is 7.11 Å². The van der Waals surface area contributed by atoms with Gasteiger partial charge >= 0.3 is 5.97 Å². The lowest BCUT2D eigenvalue weighted by molar-refractivity contribution is -0.177. The van der Waals surface area contributed by atoms with E-state index >= 15 is 0 Å². The quantitative estimate of drug-likeness (QED) is 0.274. The number of ketones is 1. The Bertz CT molecular complexity index is 1130. The van der Waals surface area contributed by atoms with Crippen molar-refractivity contribution in [3.63, 3.8) is 0 Å². The number of nitrogens with two attached hydrogens (primary N) is 1. The van der Waals surface area contributed by atoms with Gasteiger partial charge < -0.3 is 10.5 Å². The molecule has 0 aromatic rings. The van der Waals surface area contributed by atoms with E-state index in [4.69, 9.17) is 10.5 Å². The lowest BCUT2D eigenvalue weighted by Gasteiger charge is -2.69. The van der Waals surface area contributed by atoms with Crippen molar-refractivity contribution in [2.24, 2.45) is 56.0 Å². The van der Waals surface area contributed by atoms with E-state index < -0.39 is 16.7 Å². The van der Waals surface area contributed by atoms with Crippen LogP contribution < -0.4 is 5.73 Å². The maximum atomic E-state index is 13.4. The molecule has 5 rings (SSSR count). The summed E-state index contributed by atoms with van der Waals surface area (Å²) >= 11 is 0. The fourth-order valence-corrected chi connectivity index (χ4v) is 10.5. The lowest BCUT2D eigenvalue weighted by atomic mass is 9.34. The molecule has 3 fully saturated rings. The molecule has 5 heteroatoms. The number of esters is 1. The van der Waals surface area contributed by atoms with Crippen molar-refractivity contribution >= 4 is 17.7 Å². The zero-order valence-electron chi connectivity index (χ0n) is 24.3. The van der Waals surface area contributed by atoms with Crippen LogP contribution in [-0.4, -0.2) is 24.8 Å². The van der Waals surface area contributed by atoms with Crippen molar-refractivity contribution in [3.8, 4) is 0 Å². The highest BCUT2D eigenvalue weighted by Gasteiger charge is 2.69. The first-order valence-electron chi connectivity index (χ1n) is 14.4. The van der Waals surface area contributed by atoms with Crippen molar-refractivity contribution in [2.75, 3.05) is 7.11 Å². The minimum atomic E-state index is -0.625. The second kappa shape index (κ2) is 7.82. The normalized spacial score (nSPS) is 45.7. The highest BCUT2D eigenvalue weighted by atomic mass is 16.5. The molecule has 5 aliphatic rings. The molecule has 37 heavy (non-hydrogen) atoms. The van der Waals surface area contributed by atoms with Crippen LogP contribution in [0, 0.1) is 50.2 Å². The second-order valence-electron chi connectivity index (χ2n) is 15.2. The van der Waals surface area contributed by atoms with Gasteiger partial charge in [-0.3, -0.25) is 14.4 Å². The summed E-state index contributed by atoms with van der Waals surface area (Å²) in [4.78, 5) is 39.1. The number of carbonyl (C=O) groups is 3. The van der Waals surface area contributed by atoms with Gasteiger partial charge in [-0.2, -0.15) is 0 Å². The van der Waals surface area contributed by atoms with Gasteiger partial charge in [0.05, 0.1) is 18.1 Å². The standard InChI is InChI=1S/C32H47NO4/c1-27(2)13-15-32(26(36)37-8)16-14-30(6)20(21(32)18-27)9-10-23-29(5)17-19(25(33)35)24(34)28(3,4)22(29)11-12-31(23,30)7/h9,17,21-23H,10-16,18H2,1-8H3,(H2,33,35)/t21-,22-,23+,29-,30+,31+,32-/m0/s1. The summed E-state index contributed by atoms with van der Waals surface area (Å²) < 4.78 is 5.47. The van der Waals surface area contributed by atoms with E-state index in [9.17, 15) is 14.4 Å². The van der Waals surface area contributed by atoms with Crippen molar-refractivity contribution in [2.45, 2.75) is 99.8 Å². The molecule has 7 atom stereocenters. The summed E-state index contributed by atoms with van der Waals surface area (Å²) in [5.74, 6) is -0.0788. The molecule has 0 aromatic carbocycles. The number of fused-ring (bicyclic) bond motifs is 7. The summed E-state index contributed by atoms with van der Waals surface area (Å²) in [7, 11) is 1.55. The predicted molar refractivity (Wildman–Crippen MR) is 144 cm³/mol. The number of Topliss-reactive ketones (excluding diaryl/α,β-unsaturated/α-hetero) is 1. The van der Waals surface area contributed by atoms with Crippen molar-refractivity contribution in [1.82, 2.24) is 0 Å². The van der Waals surface area contributed by atoms with E-state index in [1.165, 1.54) is 5.57 Å². The van der Waals surface area contributed by atoms with Crippen molar-refractivity contribution in [3.05, 3.63) is 23.3 Å². The van der Waals surface area contributed by atoms with Crippen LogP contribution in [0.5, 0.6) is 0 Å². The molecule has 204 valence electrons. The summed E-state index contributed by atoms with van der Waals surface area (Å²) in [6, 6.07) is 0. The van der Waals surface area contributed by atoms with Crippen LogP contribution in [0.3, 0.4) is 0 Å². The van der Waals surface area contributed by atoms with Gasteiger partial charge in [0.25, 0.3) is 5.91 Å². The Morgan fingerprint density at radius 3 is 2.22 bits per heavy atom. The van der Waals surface area contributed by atoms with E-state index in [0.29, 0.717) is 0 Å². The molecule has 0 radical (unpaired) electrons. The van der Waals surface area contributed by atoms with E-state index in [2.05, 4.69) is 40.7 Å². The number of methoxy groups -OCH3 is 1. The molecule has 0 aromatic heterocycles. The first kappa shape index (κ1) is 26.7. The third-order valence-corrected chi connectivity index (χ3v) is 12.8. The lowest BCUT2D eigenvalue weighted by Crippen LogP contribution is -2.64. The van der Waals surface area contributed by atoms with Gasteiger partial charge in [0.2, 0.25) is 0 Å². The molecule has 2 N–H and O–H groups in total. The van der Waals surface area contributed by atoms with Gasteiger partial charge in [-0.1, -0.05) is 66.2 Å². The maximum Gasteiger partial charge on any atom is 0.312 e. The number of allylic oxidation sites excluding steroid dienone is 3. The Labute approximate surface area is 223 Å². The molecule has 1 amide bonds. The fraction of sp³-hybridized carbons (Fsp3) is 0.781. The molecule has 3 saturated carbocycles. The van der Waals surface area contributed by atoms with Crippen LogP contribution in [0.4, 0.5) is 0 Å². The Kier molecular flexibility index (Phi) is 5.64. The SMILES string of the molecule is COC(=O)[C@]12CCC(C)(C)C[C@H]1C1=CC[C@@H]3[C@@]4(C)C=C(C(N)=O)C(=O)C(C)(C)[C@@H]4CC[C@@]3(C)[C@]1(C)CC2. The third-order valence-electron chi connectivity index (χ3n) is 12.8. The zero-order valence-corrected chi connectivity index (χ0v) is 24.3. The topological polar surface area (TPSA) is 86.5 Å². The molecular weight excluding hydrogens is 462 g/mol. The number of carbonyl (C=O) groups excluding carboxylic acids is 3. The molecule has 0 saturated heterocycles. The van der Waals surface area contributed by atoms with Crippen molar-refractivity contribution in [1.29, 1.82) is 0 Å².